The minimum absolute atomic E-state index is 0.137. The summed E-state index contributed by atoms with van der Waals surface area (Å²) in [5.41, 5.74) is -0.416. The van der Waals surface area contributed by atoms with Crippen LogP contribution >= 0.6 is 0 Å². The topological polar surface area (TPSA) is 37.8 Å². The molecule has 0 aliphatic rings. The first kappa shape index (κ1) is 9.64. The molecule has 0 fully saturated rings. The molecule has 78 valence electrons. The van der Waals surface area contributed by atoms with Crippen LogP contribution in [0, 0.1) is 11.6 Å². The van der Waals surface area contributed by atoms with E-state index in [1.807, 2.05) is 0 Å². The average molecular weight is 210 g/mol. The van der Waals surface area contributed by atoms with E-state index in [9.17, 15) is 13.6 Å². The fraction of sp³-hybridized carbons (Fsp3) is 0.100. The van der Waals surface area contributed by atoms with Gasteiger partial charge in [0.1, 0.15) is 11.6 Å². The Labute approximate surface area is 84.0 Å². The normalized spacial score (nSPS) is 10.6. The van der Waals surface area contributed by atoms with Crippen molar-refractivity contribution < 1.29 is 8.78 Å². The number of aryl methyl sites for hydroxylation is 1. The van der Waals surface area contributed by atoms with Gasteiger partial charge in [-0.15, -0.1) is 0 Å². The predicted molar refractivity (Wildman–Crippen MR) is 51.4 cm³/mol. The molecule has 0 spiro atoms. The van der Waals surface area contributed by atoms with Crippen LogP contribution in [0.4, 0.5) is 8.78 Å². The minimum Gasteiger partial charge on any atom is -0.295 e. The molecule has 0 unspecified atom stereocenters. The smallest absolute Gasteiger partial charge is 0.266 e. The third-order valence-electron chi connectivity index (χ3n) is 2.12. The molecule has 0 aliphatic carbocycles. The Morgan fingerprint density at radius 1 is 1.27 bits per heavy atom. The van der Waals surface area contributed by atoms with Crippen molar-refractivity contribution in [2.24, 2.45) is 7.05 Å². The minimum atomic E-state index is -0.697. The summed E-state index contributed by atoms with van der Waals surface area (Å²) in [6.45, 7) is 0. The summed E-state index contributed by atoms with van der Waals surface area (Å²) >= 11 is 0. The molecule has 0 saturated carbocycles. The zero-order valence-electron chi connectivity index (χ0n) is 7.92. The Hall–Kier alpha value is -1.91. The second-order valence-corrected chi connectivity index (χ2v) is 3.16. The SMILES string of the molecule is Cn1[nH]c(-c2c(F)cccc2F)cc1=O. The number of aromatic nitrogens is 2. The Morgan fingerprint density at radius 3 is 2.33 bits per heavy atom. The number of rotatable bonds is 1. The van der Waals surface area contributed by atoms with Gasteiger partial charge >= 0.3 is 0 Å². The van der Waals surface area contributed by atoms with E-state index in [-0.39, 0.29) is 16.8 Å². The summed E-state index contributed by atoms with van der Waals surface area (Å²) < 4.78 is 27.8. The van der Waals surface area contributed by atoms with Gasteiger partial charge in [-0.1, -0.05) is 6.07 Å². The molecule has 0 saturated heterocycles. The van der Waals surface area contributed by atoms with Gasteiger partial charge in [-0.05, 0) is 12.1 Å². The second kappa shape index (κ2) is 3.34. The lowest BCUT2D eigenvalue weighted by atomic mass is 10.1. The second-order valence-electron chi connectivity index (χ2n) is 3.16. The molecule has 0 atom stereocenters. The molecule has 0 radical (unpaired) electrons. The molecule has 1 N–H and O–H groups in total. The Kier molecular flexibility index (Phi) is 2.15. The number of H-pyrrole nitrogens is 1. The summed E-state index contributed by atoms with van der Waals surface area (Å²) in [6, 6.07) is 4.71. The molecule has 3 nitrogen and oxygen atoms in total. The van der Waals surface area contributed by atoms with Gasteiger partial charge in [0.25, 0.3) is 5.56 Å². The highest BCUT2D eigenvalue weighted by Crippen LogP contribution is 2.22. The van der Waals surface area contributed by atoms with E-state index in [1.165, 1.54) is 13.1 Å². The van der Waals surface area contributed by atoms with E-state index in [0.29, 0.717) is 0 Å². The molecule has 5 heteroatoms. The van der Waals surface area contributed by atoms with Gasteiger partial charge in [0.15, 0.2) is 0 Å². The molecule has 0 bridgehead atoms. The maximum absolute atomic E-state index is 13.3. The number of hydrogen-bond acceptors (Lipinski definition) is 1. The van der Waals surface area contributed by atoms with Gasteiger partial charge in [-0.25, -0.2) is 8.78 Å². The van der Waals surface area contributed by atoms with Crippen LogP contribution in [-0.4, -0.2) is 9.78 Å². The van der Waals surface area contributed by atoms with Crippen molar-refractivity contribution in [3.05, 3.63) is 46.3 Å². The molecular weight excluding hydrogens is 202 g/mol. The highest BCUT2D eigenvalue weighted by molar-refractivity contribution is 5.60. The lowest BCUT2D eigenvalue weighted by Crippen LogP contribution is -2.09. The van der Waals surface area contributed by atoms with Gasteiger partial charge in [0.2, 0.25) is 0 Å². The first-order valence-corrected chi connectivity index (χ1v) is 4.30. The first-order chi connectivity index (χ1) is 7.09. The Balaban J connectivity index is 2.68. The van der Waals surface area contributed by atoms with E-state index < -0.39 is 11.6 Å². The predicted octanol–water partition coefficient (Wildman–Crippen LogP) is 1.66. The summed E-state index contributed by atoms with van der Waals surface area (Å²) in [5, 5.41) is 2.57. The molecule has 1 aromatic heterocycles. The van der Waals surface area contributed by atoms with E-state index >= 15 is 0 Å². The molecule has 1 heterocycles. The molecule has 0 amide bonds. The fourth-order valence-corrected chi connectivity index (χ4v) is 1.37. The molecule has 15 heavy (non-hydrogen) atoms. The molecule has 2 aromatic rings. The largest absolute Gasteiger partial charge is 0.295 e. The summed E-state index contributed by atoms with van der Waals surface area (Å²) in [4.78, 5) is 11.1. The lowest BCUT2D eigenvalue weighted by molar-refractivity contribution is 0.587. The highest BCUT2D eigenvalue weighted by Gasteiger charge is 2.13. The zero-order chi connectivity index (χ0) is 11.0. The van der Waals surface area contributed by atoms with E-state index in [2.05, 4.69) is 5.10 Å². The number of aromatic amines is 1. The Bertz CT molecular complexity index is 537. The average Bonchev–Trinajstić information content (AvgIpc) is 2.46. The number of hydrogen-bond donors (Lipinski definition) is 1. The maximum atomic E-state index is 13.3. The molecule has 0 aliphatic heterocycles. The Morgan fingerprint density at radius 2 is 1.87 bits per heavy atom. The zero-order valence-corrected chi connectivity index (χ0v) is 7.92. The fourth-order valence-electron chi connectivity index (χ4n) is 1.37. The monoisotopic (exact) mass is 210 g/mol. The van der Waals surface area contributed by atoms with E-state index in [1.54, 1.807) is 0 Å². The molecule has 2 rings (SSSR count). The number of halogens is 2. The van der Waals surface area contributed by atoms with Gasteiger partial charge in [-0.3, -0.25) is 14.6 Å². The maximum Gasteiger partial charge on any atom is 0.266 e. The number of nitrogens with one attached hydrogen (secondary N) is 1. The lowest BCUT2D eigenvalue weighted by Gasteiger charge is -2.01. The molecular formula is C10H8F2N2O. The van der Waals surface area contributed by atoms with Gasteiger partial charge in [-0.2, -0.15) is 0 Å². The van der Waals surface area contributed by atoms with Crippen molar-refractivity contribution in [2.75, 3.05) is 0 Å². The van der Waals surface area contributed by atoms with Crippen molar-refractivity contribution >= 4 is 0 Å². The van der Waals surface area contributed by atoms with Crippen molar-refractivity contribution in [1.82, 2.24) is 9.78 Å². The van der Waals surface area contributed by atoms with Crippen molar-refractivity contribution in [1.29, 1.82) is 0 Å². The number of benzene rings is 1. The van der Waals surface area contributed by atoms with Crippen LogP contribution in [0.25, 0.3) is 11.3 Å². The first-order valence-electron chi connectivity index (χ1n) is 4.30. The van der Waals surface area contributed by atoms with Crippen LogP contribution in [0.3, 0.4) is 0 Å². The van der Waals surface area contributed by atoms with Crippen LogP contribution in [0.15, 0.2) is 29.1 Å². The van der Waals surface area contributed by atoms with Crippen LogP contribution in [0.1, 0.15) is 0 Å². The van der Waals surface area contributed by atoms with Crippen molar-refractivity contribution in [3.8, 4) is 11.3 Å². The summed E-state index contributed by atoms with van der Waals surface area (Å²) in [6.07, 6.45) is 0. The van der Waals surface area contributed by atoms with Crippen LogP contribution in [0.2, 0.25) is 0 Å². The van der Waals surface area contributed by atoms with Crippen LogP contribution < -0.4 is 5.56 Å². The number of nitrogens with zero attached hydrogens (tertiary/aromatic N) is 1. The van der Waals surface area contributed by atoms with Gasteiger partial charge in [0.05, 0.1) is 11.3 Å². The van der Waals surface area contributed by atoms with Crippen LogP contribution in [-0.2, 0) is 7.05 Å². The summed E-state index contributed by atoms with van der Waals surface area (Å²) in [7, 11) is 1.48. The third kappa shape index (κ3) is 1.56. The van der Waals surface area contributed by atoms with Gasteiger partial charge in [0, 0.05) is 13.1 Å². The van der Waals surface area contributed by atoms with Crippen molar-refractivity contribution in [3.63, 3.8) is 0 Å². The summed E-state index contributed by atoms with van der Waals surface area (Å²) in [5.74, 6) is -1.39. The standard InChI is InChI=1S/C10H8F2N2O/c1-14-9(15)5-8(13-14)10-6(11)3-2-4-7(10)12/h2-5,13H,1H3. The molecule has 1 aromatic carbocycles. The van der Waals surface area contributed by atoms with Gasteiger partial charge < -0.3 is 0 Å². The van der Waals surface area contributed by atoms with E-state index in [4.69, 9.17) is 0 Å². The van der Waals surface area contributed by atoms with Crippen LogP contribution in [0.5, 0.6) is 0 Å². The van der Waals surface area contributed by atoms with E-state index in [0.717, 1.165) is 22.9 Å². The highest BCUT2D eigenvalue weighted by atomic mass is 19.1. The van der Waals surface area contributed by atoms with Crippen molar-refractivity contribution in [2.45, 2.75) is 0 Å². The third-order valence-corrected chi connectivity index (χ3v) is 2.12. The quantitative estimate of drug-likeness (QED) is 0.763.